The number of hydrogen-bond donors (Lipinski definition) is 2. The van der Waals surface area contributed by atoms with E-state index in [1.54, 1.807) is 7.11 Å². The highest BCUT2D eigenvalue weighted by molar-refractivity contribution is 6.40. The average Bonchev–Trinajstić information content (AvgIpc) is 2.24. The van der Waals surface area contributed by atoms with Crippen LogP contribution in [-0.4, -0.2) is 19.6 Å². The fourth-order valence-corrected chi connectivity index (χ4v) is 1.89. The summed E-state index contributed by atoms with van der Waals surface area (Å²) in [7, 11) is 1.59. The second-order valence-corrected chi connectivity index (χ2v) is 4.32. The number of carbonyl (C=O) groups is 1. The smallest absolute Gasteiger partial charge is 0.224 e. The largest absolute Gasteiger partial charge is 0.399 e. The molecule has 0 unspecified atom stereocenters. The predicted octanol–water partition coefficient (Wildman–Crippen LogP) is 2.94. The highest BCUT2D eigenvalue weighted by Gasteiger charge is 2.10. The van der Waals surface area contributed by atoms with Crippen LogP contribution in [0.1, 0.15) is 12.8 Å². The second kappa shape index (κ2) is 6.69. The number of rotatable bonds is 5. The van der Waals surface area contributed by atoms with Crippen molar-refractivity contribution < 1.29 is 9.53 Å². The first-order valence-electron chi connectivity index (χ1n) is 5.08. The summed E-state index contributed by atoms with van der Waals surface area (Å²) in [6, 6.07) is 3.08. The molecule has 0 saturated heterocycles. The summed E-state index contributed by atoms with van der Waals surface area (Å²) in [5.41, 5.74) is 6.41. The van der Waals surface area contributed by atoms with Crippen LogP contribution < -0.4 is 11.1 Å². The van der Waals surface area contributed by atoms with Crippen LogP contribution in [-0.2, 0) is 9.53 Å². The highest BCUT2D eigenvalue weighted by atomic mass is 35.5. The van der Waals surface area contributed by atoms with Crippen molar-refractivity contribution >= 4 is 40.5 Å². The average molecular weight is 277 g/mol. The van der Waals surface area contributed by atoms with Crippen LogP contribution in [0.2, 0.25) is 10.0 Å². The standard InChI is InChI=1S/C11H14Cl2N2O2/c1-17-4-2-3-10(16)15-11-8(12)5-7(14)6-9(11)13/h5-6H,2-4,14H2,1H3,(H,15,16). The summed E-state index contributed by atoms with van der Waals surface area (Å²) >= 11 is 11.9. The molecule has 3 N–H and O–H groups in total. The molecule has 94 valence electrons. The SMILES string of the molecule is COCCCC(=O)Nc1c(Cl)cc(N)cc1Cl. The zero-order chi connectivity index (χ0) is 12.8. The highest BCUT2D eigenvalue weighted by Crippen LogP contribution is 2.32. The molecule has 4 nitrogen and oxygen atoms in total. The van der Waals surface area contributed by atoms with Gasteiger partial charge >= 0.3 is 0 Å². The molecule has 0 bridgehead atoms. The van der Waals surface area contributed by atoms with E-state index in [0.29, 0.717) is 40.9 Å². The Morgan fingerprint density at radius 1 is 1.41 bits per heavy atom. The van der Waals surface area contributed by atoms with E-state index < -0.39 is 0 Å². The predicted molar refractivity (Wildman–Crippen MR) is 70.6 cm³/mol. The van der Waals surface area contributed by atoms with Gasteiger partial charge in [0, 0.05) is 25.8 Å². The van der Waals surface area contributed by atoms with E-state index in [9.17, 15) is 4.79 Å². The van der Waals surface area contributed by atoms with E-state index >= 15 is 0 Å². The number of amides is 1. The molecular weight excluding hydrogens is 263 g/mol. The Balaban J connectivity index is 2.65. The van der Waals surface area contributed by atoms with Crippen molar-refractivity contribution in [1.29, 1.82) is 0 Å². The van der Waals surface area contributed by atoms with Gasteiger partial charge in [-0.2, -0.15) is 0 Å². The third-order valence-electron chi connectivity index (χ3n) is 2.08. The maximum atomic E-state index is 11.6. The van der Waals surface area contributed by atoms with Crippen LogP contribution in [0.3, 0.4) is 0 Å². The van der Waals surface area contributed by atoms with Gasteiger partial charge in [0.2, 0.25) is 5.91 Å². The number of ether oxygens (including phenoxy) is 1. The fraction of sp³-hybridized carbons (Fsp3) is 0.364. The third kappa shape index (κ3) is 4.42. The molecule has 0 radical (unpaired) electrons. The zero-order valence-corrected chi connectivity index (χ0v) is 10.9. The summed E-state index contributed by atoms with van der Waals surface area (Å²) in [5, 5.41) is 3.31. The number of nitrogen functional groups attached to an aromatic ring is 1. The van der Waals surface area contributed by atoms with Gasteiger partial charge in [0.05, 0.1) is 15.7 Å². The van der Waals surface area contributed by atoms with E-state index in [2.05, 4.69) is 5.32 Å². The van der Waals surface area contributed by atoms with Gasteiger partial charge in [0.15, 0.2) is 0 Å². The first-order valence-corrected chi connectivity index (χ1v) is 5.83. The molecule has 0 aliphatic rings. The van der Waals surface area contributed by atoms with Crippen LogP contribution >= 0.6 is 23.2 Å². The lowest BCUT2D eigenvalue weighted by atomic mass is 10.2. The Labute approximate surface area is 110 Å². The Morgan fingerprint density at radius 3 is 2.53 bits per heavy atom. The maximum absolute atomic E-state index is 11.6. The quantitative estimate of drug-likeness (QED) is 0.642. The first-order chi connectivity index (χ1) is 8.04. The molecule has 17 heavy (non-hydrogen) atoms. The normalized spacial score (nSPS) is 10.3. The summed E-state index contributed by atoms with van der Waals surface area (Å²) in [4.78, 5) is 11.6. The number of carbonyl (C=O) groups excluding carboxylic acids is 1. The molecule has 6 heteroatoms. The molecule has 0 heterocycles. The van der Waals surface area contributed by atoms with E-state index in [1.165, 1.54) is 12.1 Å². The minimum atomic E-state index is -0.157. The van der Waals surface area contributed by atoms with Crippen molar-refractivity contribution in [3.8, 4) is 0 Å². The minimum absolute atomic E-state index is 0.157. The lowest BCUT2D eigenvalue weighted by Gasteiger charge is -2.10. The van der Waals surface area contributed by atoms with Gasteiger partial charge in [-0.05, 0) is 18.6 Å². The Hall–Kier alpha value is -0.970. The topological polar surface area (TPSA) is 64.3 Å². The molecule has 0 aromatic heterocycles. The number of methoxy groups -OCH3 is 1. The molecule has 0 saturated carbocycles. The van der Waals surface area contributed by atoms with Crippen molar-refractivity contribution in [3.05, 3.63) is 22.2 Å². The number of benzene rings is 1. The molecule has 0 aliphatic heterocycles. The molecule has 0 fully saturated rings. The van der Waals surface area contributed by atoms with Crippen molar-refractivity contribution in [2.45, 2.75) is 12.8 Å². The Morgan fingerprint density at radius 2 is 2.00 bits per heavy atom. The molecule has 0 atom stereocenters. The van der Waals surface area contributed by atoms with Gasteiger partial charge < -0.3 is 15.8 Å². The second-order valence-electron chi connectivity index (χ2n) is 3.50. The molecule has 0 spiro atoms. The third-order valence-corrected chi connectivity index (χ3v) is 2.68. The van der Waals surface area contributed by atoms with E-state index in [4.69, 9.17) is 33.7 Å². The van der Waals surface area contributed by atoms with Crippen molar-refractivity contribution in [1.82, 2.24) is 0 Å². The van der Waals surface area contributed by atoms with Crippen LogP contribution in [0.5, 0.6) is 0 Å². The fourth-order valence-electron chi connectivity index (χ4n) is 1.29. The van der Waals surface area contributed by atoms with Crippen LogP contribution in [0.4, 0.5) is 11.4 Å². The molecule has 0 aliphatic carbocycles. The summed E-state index contributed by atoms with van der Waals surface area (Å²) < 4.78 is 4.86. The van der Waals surface area contributed by atoms with E-state index in [1.807, 2.05) is 0 Å². The lowest BCUT2D eigenvalue weighted by molar-refractivity contribution is -0.116. The zero-order valence-electron chi connectivity index (χ0n) is 9.43. The minimum Gasteiger partial charge on any atom is -0.399 e. The van der Waals surface area contributed by atoms with Gasteiger partial charge in [-0.3, -0.25) is 4.79 Å². The summed E-state index contributed by atoms with van der Waals surface area (Å²) in [6.45, 7) is 0.538. The van der Waals surface area contributed by atoms with Gasteiger partial charge in [0.25, 0.3) is 0 Å². The summed E-state index contributed by atoms with van der Waals surface area (Å²) in [6.07, 6.45) is 0.997. The van der Waals surface area contributed by atoms with Crippen molar-refractivity contribution in [3.63, 3.8) is 0 Å². The molecule has 1 amide bonds. The van der Waals surface area contributed by atoms with Gasteiger partial charge in [-0.1, -0.05) is 23.2 Å². The van der Waals surface area contributed by atoms with Gasteiger partial charge in [0.1, 0.15) is 0 Å². The number of hydrogen-bond acceptors (Lipinski definition) is 3. The number of nitrogens with one attached hydrogen (secondary N) is 1. The molecule has 1 aromatic carbocycles. The number of nitrogens with two attached hydrogens (primary N) is 1. The maximum Gasteiger partial charge on any atom is 0.224 e. The van der Waals surface area contributed by atoms with Crippen molar-refractivity contribution in [2.75, 3.05) is 24.8 Å². The Bertz CT molecular complexity index is 387. The van der Waals surface area contributed by atoms with Crippen LogP contribution in [0, 0.1) is 0 Å². The summed E-state index contributed by atoms with van der Waals surface area (Å²) in [5.74, 6) is -0.157. The Kier molecular flexibility index (Phi) is 5.55. The van der Waals surface area contributed by atoms with Gasteiger partial charge in [-0.15, -0.1) is 0 Å². The lowest BCUT2D eigenvalue weighted by Crippen LogP contribution is -2.13. The first kappa shape index (κ1) is 14.1. The van der Waals surface area contributed by atoms with E-state index in [0.717, 1.165) is 0 Å². The monoisotopic (exact) mass is 276 g/mol. The number of anilines is 2. The number of halogens is 2. The van der Waals surface area contributed by atoms with Gasteiger partial charge in [-0.25, -0.2) is 0 Å². The van der Waals surface area contributed by atoms with Crippen LogP contribution in [0.25, 0.3) is 0 Å². The van der Waals surface area contributed by atoms with E-state index in [-0.39, 0.29) is 5.91 Å². The van der Waals surface area contributed by atoms with Crippen molar-refractivity contribution in [2.24, 2.45) is 0 Å². The molecule has 1 aromatic rings. The van der Waals surface area contributed by atoms with Crippen LogP contribution in [0.15, 0.2) is 12.1 Å². The molecular formula is C11H14Cl2N2O2. The molecule has 1 rings (SSSR count).